The van der Waals surface area contributed by atoms with Crippen LogP contribution < -0.4 is 16.0 Å². The third-order valence-corrected chi connectivity index (χ3v) is 2.23. The van der Waals surface area contributed by atoms with E-state index in [9.17, 15) is 9.59 Å². The summed E-state index contributed by atoms with van der Waals surface area (Å²) in [6.07, 6.45) is 0.132. The zero-order valence-electron chi connectivity index (χ0n) is 15.0. The first kappa shape index (κ1) is 24.2. The van der Waals surface area contributed by atoms with Gasteiger partial charge in [-0.1, -0.05) is 0 Å². The van der Waals surface area contributed by atoms with Gasteiger partial charge in [0.2, 0.25) is 5.91 Å². The van der Waals surface area contributed by atoms with Gasteiger partial charge >= 0.3 is 5.97 Å². The standard InChI is InChI=1S/C15H30N4O3.HI/c1-7-16-14(17-9-8-13(21)22-11(2)3)18-10-12(20)19-15(4,5)6;/h11H,7-10H2,1-6H3,(H,19,20)(H2,16,17,18);1H. The number of hydrogen-bond acceptors (Lipinski definition) is 4. The zero-order chi connectivity index (χ0) is 17.2. The molecule has 0 aromatic heterocycles. The van der Waals surface area contributed by atoms with Crippen LogP contribution in [0.4, 0.5) is 0 Å². The quantitative estimate of drug-likeness (QED) is 0.240. The molecular formula is C15H31IN4O3. The monoisotopic (exact) mass is 442 g/mol. The summed E-state index contributed by atoms with van der Waals surface area (Å²) in [4.78, 5) is 27.3. The van der Waals surface area contributed by atoms with Gasteiger partial charge in [0.1, 0.15) is 6.54 Å². The molecule has 0 rings (SSSR count). The normalized spacial score (nSPS) is 11.5. The third-order valence-electron chi connectivity index (χ3n) is 2.23. The van der Waals surface area contributed by atoms with Crippen molar-refractivity contribution in [3.05, 3.63) is 0 Å². The summed E-state index contributed by atoms with van der Waals surface area (Å²) in [5, 5.41) is 8.86. The van der Waals surface area contributed by atoms with Gasteiger partial charge in [0.25, 0.3) is 0 Å². The topological polar surface area (TPSA) is 91.8 Å². The molecule has 0 saturated carbocycles. The van der Waals surface area contributed by atoms with Gasteiger partial charge in [-0.25, -0.2) is 4.99 Å². The summed E-state index contributed by atoms with van der Waals surface area (Å²) in [5.41, 5.74) is -0.279. The van der Waals surface area contributed by atoms with Crippen LogP contribution in [0, 0.1) is 0 Å². The van der Waals surface area contributed by atoms with Crippen molar-refractivity contribution < 1.29 is 14.3 Å². The molecule has 0 fully saturated rings. The van der Waals surface area contributed by atoms with E-state index >= 15 is 0 Å². The van der Waals surface area contributed by atoms with Crippen molar-refractivity contribution in [1.82, 2.24) is 16.0 Å². The Labute approximate surface area is 156 Å². The molecule has 0 atom stereocenters. The Bertz CT molecular complexity index is 393. The molecule has 136 valence electrons. The first-order valence-corrected chi connectivity index (χ1v) is 7.66. The maximum Gasteiger partial charge on any atom is 0.307 e. The molecule has 0 radical (unpaired) electrons. The highest BCUT2D eigenvalue weighted by Crippen LogP contribution is 1.97. The van der Waals surface area contributed by atoms with Gasteiger partial charge < -0.3 is 20.7 Å². The van der Waals surface area contributed by atoms with Crippen LogP contribution in [-0.4, -0.2) is 49.1 Å². The molecule has 7 nitrogen and oxygen atoms in total. The van der Waals surface area contributed by atoms with Crippen molar-refractivity contribution in [3.8, 4) is 0 Å². The van der Waals surface area contributed by atoms with Crippen LogP contribution in [0.3, 0.4) is 0 Å². The van der Waals surface area contributed by atoms with Crippen LogP contribution in [0.5, 0.6) is 0 Å². The van der Waals surface area contributed by atoms with Crippen molar-refractivity contribution in [1.29, 1.82) is 0 Å². The molecule has 1 amide bonds. The molecule has 0 aromatic carbocycles. The van der Waals surface area contributed by atoms with Crippen molar-refractivity contribution >= 4 is 41.8 Å². The lowest BCUT2D eigenvalue weighted by molar-refractivity contribution is -0.147. The second kappa shape index (κ2) is 12.4. The van der Waals surface area contributed by atoms with Gasteiger partial charge in [-0.15, -0.1) is 24.0 Å². The lowest BCUT2D eigenvalue weighted by atomic mass is 10.1. The fourth-order valence-electron chi connectivity index (χ4n) is 1.56. The first-order valence-electron chi connectivity index (χ1n) is 7.66. The van der Waals surface area contributed by atoms with Crippen LogP contribution in [0.15, 0.2) is 4.99 Å². The van der Waals surface area contributed by atoms with Crippen molar-refractivity contribution in [2.75, 3.05) is 19.6 Å². The fraction of sp³-hybridized carbons (Fsp3) is 0.800. The summed E-state index contributed by atoms with van der Waals surface area (Å²) >= 11 is 0. The van der Waals surface area contributed by atoms with Crippen LogP contribution in [0.1, 0.15) is 48.0 Å². The number of nitrogens with one attached hydrogen (secondary N) is 3. The minimum absolute atomic E-state index is 0. The number of esters is 1. The molecule has 0 unspecified atom stereocenters. The average molecular weight is 442 g/mol. The van der Waals surface area contributed by atoms with E-state index in [1.54, 1.807) is 0 Å². The number of guanidine groups is 1. The van der Waals surface area contributed by atoms with Gasteiger partial charge in [0.15, 0.2) is 5.96 Å². The Kier molecular flexibility index (Phi) is 13.0. The number of halogens is 1. The first-order chi connectivity index (χ1) is 10.1. The number of nitrogens with zero attached hydrogens (tertiary/aromatic N) is 1. The fourth-order valence-corrected chi connectivity index (χ4v) is 1.56. The number of ether oxygens (including phenoxy) is 1. The minimum Gasteiger partial charge on any atom is -0.463 e. The summed E-state index contributed by atoms with van der Waals surface area (Å²) < 4.78 is 5.04. The van der Waals surface area contributed by atoms with Crippen molar-refractivity contribution in [2.45, 2.75) is 59.6 Å². The highest BCUT2D eigenvalue weighted by molar-refractivity contribution is 14.0. The highest BCUT2D eigenvalue weighted by Gasteiger charge is 2.13. The molecule has 0 aliphatic carbocycles. The second-order valence-electron chi connectivity index (χ2n) is 6.21. The third kappa shape index (κ3) is 15.6. The lowest BCUT2D eigenvalue weighted by Gasteiger charge is -2.20. The molecule has 8 heteroatoms. The number of carbonyl (C=O) groups is 2. The maximum absolute atomic E-state index is 11.7. The molecule has 3 N–H and O–H groups in total. The van der Waals surface area contributed by atoms with E-state index in [1.165, 1.54) is 0 Å². The molecule has 0 bridgehead atoms. The Morgan fingerprint density at radius 3 is 2.26 bits per heavy atom. The maximum atomic E-state index is 11.7. The summed E-state index contributed by atoms with van der Waals surface area (Å²) in [6.45, 7) is 12.4. The molecule has 23 heavy (non-hydrogen) atoms. The van der Waals surface area contributed by atoms with E-state index in [2.05, 4.69) is 20.9 Å². The van der Waals surface area contributed by atoms with Gasteiger partial charge in [-0.2, -0.15) is 0 Å². The molecule has 0 aliphatic heterocycles. The lowest BCUT2D eigenvalue weighted by Crippen LogP contribution is -2.43. The van der Waals surface area contributed by atoms with Crippen molar-refractivity contribution in [3.63, 3.8) is 0 Å². The summed E-state index contributed by atoms with van der Waals surface area (Å²) in [6, 6.07) is 0. The molecule has 0 heterocycles. The summed E-state index contributed by atoms with van der Waals surface area (Å²) in [7, 11) is 0. The van der Waals surface area contributed by atoms with E-state index < -0.39 is 0 Å². The number of aliphatic imine (C=N–C) groups is 1. The number of hydrogen-bond donors (Lipinski definition) is 3. The Balaban J connectivity index is 0. The zero-order valence-corrected chi connectivity index (χ0v) is 17.3. The van der Waals surface area contributed by atoms with Crippen LogP contribution in [-0.2, 0) is 14.3 Å². The Morgan fingerprint density at radius 2 is 1.78 bits per heavy atom. The van der Waals surface area contributed by atoms with Gasteiger partial charge in [0.05, 0.1) is 12.5 Å². The van der Waals surface area contributed by atoms with E-state index in [0.717, 1.165) is 0 Å². The van der Waals surface area contributed by atoms with Crippen LogP contribution in [0.25, 0.3) is 0 Å². The van der Waals surface area contributed by atoms with E-state index in [4.69, 9.17) is 4.74 Å². The van der Waals surface area contributed by atoms with E-state index in [1.807, 2.05) is 41.5 Å². The van der Waals surface area contributed by atoms with Gasteiger partial charge in [-0.3, -0.25) is 9.59 Å². The minimum atomic E-state index is -0.279. The smallest absolute Gasteiger partial charge is 0.307 e. The van der Waals surface area contributed by atoms with Gasteiger partial charge in [-0.05, 0) is 41.5 Å². The van der Waals surface area contributed by atoms with Gasteiger partial charge in [0, 0.05) is 18.6 Å². The van der Waals surface area contributed by atoms with E-state index in [-0.39, 0.29) is 60.5 Å². The molecule has 0 spiro atoms. The number of rotatable bonds is 7. The predicted octanol–water partition coefficient (Wildman–Crippen LogP) is 1.42. The average Bonchev–Trinajstić information content (AvgIpc) is 2.32. The molecule has 0 saturated heterocycles. The Morgan fingerprint density at radius 1 is 1.17 bits per heavy atom. The Hall–Kier alpha value is -1.06. The van der Waals surface area contributed by atoms with Crippen molar-refractivity contribution in [2.24, 2.45) is 4.99 Å². The van der Waals surface area contributed by atoms with E-state index in [0.29, 0.717) is 19.0 Å². The highest BCUT2D eigenvalue weighted by atomic mass is 127. The van der Waals surface area contributed by atoms with Crippen LogP contribution >= 0.6 is 24.0 Å². The number of carbonyl (C=O) groups excluding carboxylic acids is 2. The molecule has 0 aliphatic rings. The second-order valence-corrected chi connectivity index (χ2v) is 6.21. The molecule has 0 aromatic rings. The summed E-state index contributed by atoms with van der Waals surface area (Å²) in [5.74, 6) is 0.0941. The van der Waals surface area contributed by atoms with Crippen LogP contribution in [0.2, 0.25) is 0 Å². The SMILES string of the molecule is CCNC(=NCC(=O)NC(C)(C)C)NCCC(=O)OC(C)C.I. The molecular weight excluding hydrogens is 411 g/mol. The largest absolute Gasteiger partial charge is 0.463 e. The predicted molar refractivity (Wildman–Crippen MR) is 103 cm³/mol. The number of amides is 1.